The minimum atomic E-state index is -5.81. The van der Waals surface area contributed by atoms with Gasteiger partial charge in [0.05, 0.1) is 19.3 Å². The second-order valence-electron chi connectivity index (χ2n) is 6.59. The lowest BCUT2D eigenvalue weighted by Crippen LogP contribution is -2.61. The highest BCUT2D eigenvalue weighted by Gasteiger charge is 2.73. The number of rotatable bonds is 7. The molecular formula is C15H20F6O4S. The van der Waals surface area contributed by atoms with Gasteiger partial charge < -0.3 is 14.2 Å². The zero-order chi connectivity index (χ0) is 19.6. The molecule has 0 N–H and O–H groups in total. The summed E-state index contributed by atoms with van der Waals surface area (Å²) >= 11 is 3.14. The first-order valence-electron chi connectivity index (χ1n) is 8.18. The fraction of sp³-hybridized carbons (Fsp3) is 0.933. The van der Waals surface area contributed by atoms with Crippen molar-refractivity contribution in [3.05, 3.63) is 0 Å². The third kappa shape index (κ3) is 5.19. The zero-order valence-electron chi connectivity index (χ0n) is 13.7. The van der Waals surface area contributed by atoms with Gasteiger partial charge in [-0.1, -0.05) is 0 Å². The minimum absolute atomic E-state index is 0.0339. The molecule has 1 aliphatic heterocycles. The van der Waals surface area contributed by atoms with Crippen molar-refractivity contribution in [2.24, 2.45) is 5.92 Å². The van der Waals surface area contributed by atoms with E-state index in [1.165, 1.54) is 0 Å². The van der Waals surface area contributed by atoms with E-state index >= 15 is 0 Å². The summed E-state index contributed by atoms with van der Waals surface area (Å²) in [4.78, 5) is 11.8. The average molecular weight is 410 g/mol. The van der Waals surface area contributed by atoms with Gasteiger partial charge in [-0.3, -0.25) is 4.79 Å². The molecule has 11 heteroatoms. The molecule has 1 saturated carbocycles. The van der Waals surface area contributed by atoms with Crippen LogP contribution in [0.5, 0.6) is 0 Å². The van der Waals surface area contributed by atoms with Gasteiger partial charge in [-0.05, 0) is 31.6 Å². The summed E-state index contributed by atoms with van der Waals surface area (Å²) < 4.78 is 92.2. The van der Waals surface area contributed by atoms with E-state index in [9.17, 15) is 31.1 Å². The van der Waals surface area contributed by atoms with Crippen molar-refractivity contribution in [2.45, 2.75) is 62.3 Å². The van der Waals surface area contributed by atoms with Gasteiger partial charge in [0.1, 0.15) is 6.10 Å². The van der Waals surface area contributed by atoms with Gasteiger partial charge in [-0.15, -0.1) is 0 Å². The number of carbonyl (C=O) groups is 1. The number of ether oxygens (including phenoxy) is 3. The van der Waals surface area contributed by atoms with Crippen molar-refractivity contribution in [3.63, 3.8) is 0 Å². The Labute approximate surface area is 151 Å². The summed E-state index contributed by atoms with van der Waals surface area (Å²) in [6.45, 7) is 1.13. The Morgan fingerprint density at radius 1 is 1.04 bits per heavy atom. The zero-order valence-corrected chi connectivity index (χ0v) is 14.6. The van der Waals surface area contributed by atoms with E-state index < -0.39 is 36.1 Å². The molecule has 2 aliphatic rings. The van der Waals surface area contributed by atoms with Crippen LogP contribution in [0.25, 0.3) is 0 Å². The fourth-order valence-electron chi connectivity index (χ4n) is 2.87. The number of alkyl halides is 6. The summed E-state index contributed by atoms with van der Waals surface area (Å²) in [5.41, 5.74) is -4.59. The summed E-state index contributed by atoms with van der Waals surface area (Å²) in [7, 11) is 0. The van der Waals surface area contributed by atoms with Crippen LogP contribution in [0.2, 0.25) is 0 Å². The van der Waals surface area contributed by atoms with Crippen molar-refractivity contribution in [1.82, 2.24) is 0 Å². The molecule has 1 atom stereocenters. The molecule has 2 rings (SSSR count). The van der Waals surface area contributed by atoms with Crippen molar-refractivity contribution in [1.29, 1.82) is 0 Å². The molecule has 26 heavy (non-hydrogen) atoms. The Morgan fingerprint density at radius 2 is 1.58 bits per heavy atom. The molecule has 1 unspecified atom stereocenters. The maximum absolute atomic E-state index is 12.9. The van der Waals surface area contributed by atoms with Crippen molar-refractivity contribution < 1.29 is 45.3 Å². The van der Waals surface area contributed by atoms with Gasteiger partial charge in [-0.2, -0.15) is 39.0 Å². The lowest BCUT2D eigenvalue weighted by atomic mass is 9.85. The number of carbonyl (C=O) groups excluding carboxylic acids is 1. The van der Waals surface area contributed by atoms with Crippen LogP contribution < -0.4 is 0 Å². The second kappa shape index (κ2) is 8.14. The fourth-order valence-corrected chi connectivity index (χ4v) is 3.29. The van der Waals surface area contributed by atoms with E-state index in [1.54, 1.807) is 0 Å². The Hall–Kier alpha value is -0.680. The van der Waals surface area contributed by atoms with Gasteiger partial charge in [0, 0.05) is 12.2 Å². The molecule has 152 valence electrons. The normalized spacial score (nSPS) is 27.3. The molecular weight excluding hydrogens is 390 g/mol. The molecule has 1 aliphatic carbocycles. The highest BCUT2D eigenvalue weighted by molar-refractivity contribution is 7.80. The lowest BCUT2D eigenvalue weighted by Gasteiger charge is -2.36. The molecule has 0 spiro atoms. The number of halogens is 6. The first kappa shape index (κ1) is 21.6. The van der Waals surface area contributed by atoms with Crippen LogP contribution in [-0.2, 0) is 19.0 Å². The Bertz CT molecular complexity index is 470. The molecule has 0 bridgehead atoms. The van der Waals surface area contributed by atoms with E-state index in [4.69, 9.17) is 9.47 Å². The van der Waals surface area contributed by atoms with E-state index in [-0.39, 0.29) is 18.1 Å². The summed E-state index contributed by atoms with van der Waals surface area (Å²) in [5.74, 6) is -3.58. The summed E-state index contributed by atoms with van der Waals surface area (Å²) in [6, 6.07) is 0. The van der Waals surface area contributed by atoms with Gasteiger partial charge in [-0.25, -0.2) is 0 Å². The minimum Gasteiger partial charge on any atom is -0.438 e. The van der Waals surface area contributed by atoms with E-state index in [0.717, 1.165) is 0 Å². The van der Waals surface area contributed by atoms with Crippen LogP contribution in [-0.4, -0.2) is 55.1 Å². The predicted molar refractivity (Wildman–Crippen MR) is 80.8 cm³/mol. The molecule has 1 heterocycles. The quantitative estimate of drug-likeness (QED) is 0.301. The van der Waals surface area contributed by atoms with Crippen molar-refractivity contribution >= 4 is 18.6 Å². The van der Waals surface area contributed by atoms with E-state index in [0.29, 0.717) is 38.9 Å². The molecule has 0 aromatic carbocycles. The molecule has 4 nitrogen and oxygen atoms in total. The largest absolute Gasteiger partial charge is 0.438 e. The SMILES string of the molecule is O=C(CC1CCC(OCC2CO2)CC1)OC(CS)(C(F)(F)F)C(F)(F)F. The lowest BCUT2D eigenvalue weighted by molar-refractivity contribution is -0.360. The van der Waals surface area contributed by atoms with E-state index in [1.807, 2.05) is 0 Å². The van der Waals surface area contributed by atoms with Crippen LogP contribution in [0.1, 0.15) is 32.1 Å². The standard InChI is InChI=1S/C15H20F6O4S/c16-14(17,18)13(8-26,15(19,20)21)25-12(22)5-9-1-3-10(4-2-9)23-6-11-7-24-11/h9-11,26H,1-8H2. The topological polar surface area (TPSA) is 48.1 Å². The van der Waals surface area contributed by atoms with Crippen molar-refractivity contribution in [2.75, 3.05) is 19.0 Å². The number of esters is 1. The molecule has 0 amide bonds. The molecule has 0 radical (unpaired) electrons. The maximum atomic E-state index is 12.9. The van der Waals surface area contributed by atoms with Gasteiger partial charge in [0.25, 0.3) is 0 Å². The smallest absolute Gasteiger partial charge is 0.438 e. The number of epoxide rings is 1. The first-order chi connectivity index (χ1) is 12.0. The second-order valence-corrected chi connectivity index (χ2v) is 6.91. The Morgan fingerprint density at radius 3 is 2.00 bits per heavy atom. The molecule has 0 aromatic heterocycles. The van der Waals surface area contributed by atoms with Crippen LogP contribution in [0.3, 0.4) is 0 Å². The highest BCUT2D eigenvalue weighted by Crippen LogP contribution is 2.47. The Kier molecular flexibility index (Phi) is 6.76. The third-order valence-electron chi connectivity index (χ3n) is 4.60. The monoisotopic (exact) mass is 410 g/mol. The van der Waals surface area contributed by atoms with Crippen LogP contribution >= 0.6 is 12.6 Å². The number of thiol groups is 1. The van der Waals surface area contributed by atoms with Crippen LogP contribution in [0.4, 0.5) is 26.3 Å². The van der Waals surface area contributed by atoms with E-state index in [2.05, 4.69) is 17.4 Å². The average Bonchev–Trinajstić information content (AvgIpc) is 3.34. The summed E-state index contributed by atoms with van der Waals surface area (Å²) in [5, 5.41) is 0. The first-order valence-corrected chi connectivity index (χ1v) is 8.81. The summed E-state index contributed by atoms with van der Waals surface area (Å²) in [6.07, 6.45) is -9.93. The van der Waals surface area contributed by atoms with Crippen LogP contribution in [0.15, 0.2) is 0 Å². The highest BCUT2D eigenvalue weighted by atomic mass is 32.1. The van der Waals surface area contributed by atoms with Crippen molar-refractivity contribution in [3.8, 4) is 0 Å². The van der Waals surface area contributed by atoms with Gasteiger partial charge in [0.2, 0.25) is 0 Å². The molecule has 2 fully saturated rings. The maximum Gasteiger partial charge on any atom is 0.438 e. The molecule has 1 saturated heterocycles. The van der Waals surface area contributed by atoms with Gasteiger partial charge in [0.15, 0.2) is 0 Å². The Balaban J connectivity index is 1.86. The molecule has 0 aromatic rings. The third-order valence-corrected chi connectivity index (χ3v) is 5.04. The predicted octanol–water partition coefficient (Wildman–Crippen LogP) is 3.69. The van der Waals surface area contributed by atoms with Gasteiger partial charge >= 0.3 is 23.9 Å². The number of hydrogen-bond acceptors (Lipinski definition) is 5. The van der Waals surface area contributed by atoms with Crippen LogP contribution in [0, 0.1) is 5.92 Å². The number of hydrogen-bond donors (Lipinski definition) is 1.